The molecule has 3 fully saturated rings. The van der Waals surface area contributed by atoms with Crippen LogP contribution < -0.4 is 0 Å². The monoisotopic (exact) mass is 370 g/mol. The number of allylic oxidation sites excluding steroid dienone is 3. The van der Waals surface area contributed by atoms with Crippen LogP contribution in [0.3, 0.4) is 0 Å². The lowest BCUT2D eigenvalue weighted by molar-refractivity contribution is -0.0540. The van der Waals surface area contributed by atoms with E-state index in [1.54, 1.807) is 5.57 Å². The third-order valence-corrected chi connectivity index (χ3v) is 9.59. The van der Waals surface area contributed by atoms with E-state index in [-0.39, 0.29) is 6.10 Å². The van der Waals surface area contributed by atoms with Crippen LogP contribution in [0.25, 0.3) is 0 Å². The topological polar surface area (TPSA) is 20.2 Å². The summed E-state index contributed by atoms with van der Waals surface area (Å²) in [7, 11) is 0. The van der Waals surface area contributed by atoms with E-state index in [9.17, 15) is 5.11 Å². The fourth-order valence-electron chi connectivity index (χ4n) is 8.08. The molecule has 1 heteroatoms. The Kier molecular flexibility index (Phi) is 5.15. The first-order valence-electron chi connectivity index (χ1n) is 11.8. The Labute approximate surface area is 167 Å². The van der Waals surface area contributed by atoms with Gasteiger partial charge in [-0.05, 0) is 97.7 Å². The molecule has 3 saturated carbocycles. The van der Waals surface area contributed by atoms with Gasteiger partial charge < -0.3 is 5.11 Å². The molecule has 0 saturated heterocycles. The second-order valence-corrected chi connectivity index (χ2v) is 11.4. The largest absolute Gasteiger partial charge is 0.393 e. The highest BCUT2D eigenvalue weighted by Crippen LogP contribution is 2.67. The molecule has 0 amide bonds. The minimum atomic E-state index is -0.0841. The predicted molar refractivity (Wildman–Crippen MR) is 114 cm³/mol. The molecule has 152 valence electrons. The van der Waals surface area contributed by atoms with Gasteiger partial charge in [-0.15, -0.1) is 0 Å². The molecule has 4 aliphatic rings. The summed E-state index contributed by atoms with van der Waals surface area (Å²) in [5.74, 6) is 4.91. The van der Waals surface area contributed by atoms with Crippen LogP contribution >= 0.6 is 0 Å². The number of aliphatic hydroxyl groups is 1. The van der Waals surface area contributed by atoms with Crippen LogP contribution in [0.5, 0.6) is 0 Å². The zero-order valence-electron chi connectivity index (χ0n) is 18.4. The molecule has 27 heavy (non-hydrogen) atoms. The highest BCUT2D eigenvalue weighted by Gasteiger charge is 2.58. The van der Waals surface area contributed by atoms with E-state index < -0.39 is 0 Å². The average Bonchev–Trinajstić information content (AvgIpc) is 2.97. The third-order valence-electron chi connectivity index (χ3n) is 9.59. The zero-order chi connectivity index (χ0) is 19.4. The van der Waals surface area contributed by atoms with Crippen LogP contribution in [0, 0.1) is 46.3 Å². The number of hydrogen-bond donors (Lipinski definition) is 1. The maximum absolute atomic E-state index is 10.2. The molecule has 0 heterocycles. The van der Waals surface area contributed by atoms with Crippen LogP contribution in [0.2, 0.25) is 0 Å². The van der Waals surface area contributed by atoms with E-state index in [0.29, 0.717) is 22.7 Å². The van der Waals surface area contributed by atoms with Gasteiger partial charge in [0.25, 0.3) is 0 Å². The van der Waals surface area contributed by atoms with E-state index in [2.05, 4.69) is 52.8 Å². The van der Waals surface area contributed by atoms with E-state index in [1.165, 1.54) is 38.5 Å². The number of fused-ring (bicyclic) bond motifs is 5. The van der Waals surface area contributed by atoms with Crippen molar-refractivity contribution in [2.75, 3.05) is 0 Å². The molecule has 0 aromatic heterocycles. The third kappa shape index (κ3) is 3.17. The van der Waals surface area contributed by atoms with Crippen molar-refractivity contribution in [3.63, 3.8) is 0 Å². The fourth-order valence-corrected chi connectivity index (χ4v) is 8.08. The van der Waals surface area contributed by atoms with E-state index >= 15 is 0 Å². The van der Waals surface area contributed by atoms with E-state index in [0.717, 1.165) is 36.5 Å². The summed E-state index contributed by atoms with van der Waals surface area (Å²) in [6.45, 7) is 12.3. The molecule has 0 aromatic rings. The number of rotatable bonds is 3. The minimum Gasteiger partial charge on any atom is -0.393 e. The van der Waals surface area contributed by atoms with Crippen molar-refractivity contribution in [1.29, 1.82) is 0 Å². The van der Waals surface area contributed by atoms with Crippen molar-refractivity contribution in [3.8, 4) is 0 Å². The molecule has 8 atom stereocenters. The Bertz CT molecular complexity index is 616. The quantitative estimate of drug-likeness (QED) is 0.543. The molecule has 4 aliphatic carbocycles. The lowest BCUT2D eigenvalue weighted by Crippen LogP contribution is -2.50. The molecule has 1 nitrogen and oxygen atoms in total. The van der Waals surface area contributed by atoms with Crippen LogP contribution in [-0.2, 0) is 0 Å². The Balaban J connectivity index is 1.57. The van der Waals surface area contributed by atoms with Gasteiger partial charge >= 0.3 is 0 Å². The van der Waals surface area contributed by atoms with Gasteiger partial charge in [0.15, 0.2) is 0 Å². The van der Waals surface area contributed by atoms with Gasteiger partial charge in [-0.1, -0.05) is 58.4 Å². The fraction of sp³-hybridized carbons (Fsp3) is 0.846. The molecular formula is C26H42O. The number of aliphatic hydroxyl groups excluding tert-OH is 1. The molecule has 0 bridgehead atoms. The highest BCUT2D eigenvalue weighted by molar-refractivity contribution is 5.25. The van der Waals surface area contributed by atoms with Gasteiger partial charge in [-0.25, -0.2) is 0 Å². The molecule has 4 rings (SSSR count). The van der Waals surface area contributed by atoms with E-state index in [1.807, 2.05) is 0 Å². The summed E-state index contributed by atoms with van der Waals surface area (Å²) in [6.07, 6.45) is 17.6. The van der Waals surface area contributed by atoms with Crippen molar-refractivity contribution in [1.82, 2.24) is 0 Å². The zero-order valence-corrected chi connectivity index (χ0v) is 18.4. The summed E-state index contributed by atoms with van der Waals surface area (Å²) >= 11 is 0. The Morgan fingerprint density at radius 1 is 1.00 bits per heavy atom. The van der Waals surface area contributed by atoms with Gasteiger partial charge in [0, 0.05) is 0 Å². The molecular weight excluding hydrogens is 328 g/mol. The van der Waals surface area contributed by atoms with Gasteiger partial charge in [-0.3, -0.25) is 0 Å². The normalized spacial score (nSPS) is 48.1. The first-order chi connectivity index (χ1) is 12.8. The van der Waals surface area contributed by atoms with E-state index in [4.69, 9.17) is 0 Å². The van der Waals surface area contributed by atoms with Gasteiger partial charge in [0.2, 0.25) is 0 Å². The maximum Gasteiger partial charge on any atom is 0.0577 e. The Hall–Kier alpha value is -0.560. The Morgan fingerprint density at radius 2 is 1.78 bits per heavy atom. The molecule has 0 aromatic carbocycles. The van der Waals surface area contributed by atoms with Crippen LogP contribution in [0.15, 0.2) is 23.8 Å². The minimum absolute atomic E-state index is 0.0841. The molecule has 8 unspecified atom stereocenters. The smallest absolute Gasteiger partial charge is 0.0577 e. The number of hydrogen-bond acceptors (Lipinski definition) is 1. The van der Waals surface area contributed by atoms with Gasteiger partial charge in [0.05, 0.1) is 6.10 Å². The first kappa shape index (κ1) is 19.7. The predicted octanol–water partition coefficient (Wildman–Crippen LogP) is 6.77. The van der Waals surface area contributed by atoms with Crippen molar-refractivity contribution in [3.05, 3.63) is 23.8 Å². The maximum atomic E-state index is 10.2. The van der Waals surface area contributed by atoms with Crippen LogP contribution in [0.1, 0.15) is 86.0 Å². The second kappa shape index (κ2) is 7.05. The van der Waals surface area contributed by atoms with Gasteiger partial charge in [0.1, 0.15) is 0 Å². The second-order valence-electron chi connectivity index (χ2n) is 11.4. The Morgan fingerprint density at radius 3 is 2.52 bits per heavy atom. The van der Waals surface area contributed by atoms with Crippen LogP contribution in [-0.4, -0.2) is 11.2 Å². The summed E-state index contributed by atoms with van der Waals surface area (Å²) < 4.78 is 0. The summed E-state index contributed by atoms with van der Waals surface area (Å²) in [6, 6.07) is 0. The van der Waals surface area contributed by atoms with Crippen molar-refractivity contribution in [2.24, 2.45) is 46.3 Å². The average molecular weight is 371 g/mol. The lowest BCUT2D eigenvalue weighted by atomic mass is 9.47. The molecule has 0 aliphatic heterocycles. The molecule has 0 radical (unpaired) electrons. The summed E-state index contributed by atoms with van der Waals surface area (Å²) in [4.78, 5) is 0. The summed E-state index contributed by atoms with van der Waals surface area (Å²) in [5.41, 5.74) is 2.52. The van der Waals surface area contributed by atoms with Crippen LogP contribution in [0.4, 0.5) is 0 Å². The van der Waals surface area contributed by atoms with Crippen molar-refractivity contribution < 1.29 is 5.11 Å². The molecule has 0 spiro atoms. The van der Waals surface area contributed by atoms with Crippen molar-refractivity contribution >= 4 is 0 Å². The first-order valence-corrected chi connectivity index (χ1v) is 11.8. The lowest BCUT2D eigenvalue weighted by Gasteiger charge is -2.58. The van der Waals surface area contributed by atoms with Gasteiger partial charge in [-0.2, -0.15) is 0 Å². The SMILES string of the molecule is CC(C)/C=C/C(C)C1CCC2C3CC=C4CC(O)CCC4(C)C3CCC12C. The van der Waals surface area contributed by atoms with Crippen molar-refractivity contribution in [2.45, 2.75) is 92.1 Å². The molecule has 1 N–H and O–H groups in total. The summed E-state index contributed by atoms with van der Waals surface area (Å²) in [5, 5.41) is 10.2. The standard InChI is InChI=1S/C26H42O/c1-17(2)6-7-18(3)22-10-11-23-21-9-8-19-16-20(27)12-14-25(19,4)24(21)13-15-26(22,23)5/h6-8,17-18,20-24,27H,9-16H2,1-5H3/b7-6+. The highest BCUT2D eigenvalue weighted by atomic mass is 16.3.